The average Bonchev–Trinajstić information content (AvgIpc) is 2.81. The third-order valence-electron chi connectivity index (χ3n) is 3.28. The van der Waals surface area contributed by atoms with Crippen LogP contribution in [0.5, 0.6) is 5.75 Å². The highest BCUT2D eigenvalue weighted by molar-refractivity contribution is 5.43. The van der Waals surface area contributed by atoms with Crippen molar-refractivity contribution in [2.24, 2.45) is 0 Å². The van der Waals surface area contributed by atoms with Crippen LogP contribution in [0.1, 0.15) is 42.0 Å². The van der Waals surface area contributed by atoms with Crippen LogP contribution >= 0.6 is 0 Å². The van der Waals surface area contributed by atoms with Crippen molar-refractivity contribution in [3.05, 3.63) is 46.3 Å². The summed E-state index contributed by atoms with van der Waals surface area (Å²) in [7, 11) is 0. The molecule has 4 nitrogen and oxygen atoms in total. The summed E-state index contributed by atoms with van der Waals surface area (Å²) < 4.78 is 11.0. The number of aryl methyl sites for hydroxylation is 3. The number of nitrogens with zero attached hydrogens (tertiary/aromatic N) is 1. The van der Waals surface area contributed by atoms with E-state index in [1.165, 1.54) is 5.56 Å². The van der Waals surface area contributed by atoms with Gasteiger partial charge >= 0.3 is 0 Å². The summed E-state index contributed by atoms with van der Waals surface area (Å²) in [5.74, 6) is 1.74. The summed E-state index contributed by atoms with van der Waals surface area (Å²) in [6.07, 6.45) is 0. The van der Waals surface area contributed by atoms with Gasteiger partial charge in [0, 0.05) is 18.7 Å². The van der Waals surface area contributed by atoms with Crippen molar-refractivity contribution in [2.75, 3.05) is 0 Å². The topological polar surface area (TPSA) is 47.3 Å². The zero-order valence-electron chi connectivity index (χ0n) is 13.5. The molecule has 0 unspecified atom stereocenters. The second kappa shape index (κ2) is 6.76. The minimum absolute atomic E-state index is 0.433. The van der Waals surface area contributed by atoms with E-state index < -0.39 is 0 Å². The van der Waals surface area contributed by atoms with E-state index in [9.17, 15) is 0 Å². The van der Waals surface area contributed by atoms with Crippen LogP contribution in [0.25, 0.3) is 0 Å². The lowest BCUT2D eigenvalue weighted by atomic mass is 10.1. The van der Waals surface area contributed by atoms with E-state index in [1.54, 1.807) is 0 Å². The van der Waals surface area contributed by atoms with Gasteiger partial charge in [0.15, 0.2) is 0 Å². The van der Waals surface area contributed by atoms with Crippen molar-refractivity contribution in [1.29, 1.82) is 0 Å². The van der Waals surface area contributed by atoms with Gasteiger partial charge < -0.3 is 14.6 Å². The van der Waals surface area contributed by atoms with Gasteiger partial charge in [-0.3, -0.25) is 0 Å². The Bertz CT molecular complexity index is 580. The molecule has 2 rings (SSSR count). The molecule has 0 spiro atoms. The van der Waals surface area contributed by atoms with Gasteiger partial charge in [0.25, 0.3) is 0 Å². The van der Waals surface area contributed by atoms with Crippen LogP contribution in [0.3, 0.4) is 0 Å². The Morgan fingerprint density at radius 1 is 1.14 bits per heavy atom. The molecule has 0 fully saturated rings. The van der Waals surface area contributed by atoms with E-state index in [-0.39, 0.29) is 0 Å². The van der Waals surface area contributed by atoms with E-state index in [0.29, 0.717) is 12.6 Å². The molecule has 0 radical (unpaired) electrons. The number of nitrogens with one attached hydrogen (secondary N) is 1. The average molecular weight is 288 g/mol. The lowest BCUT2D eigenvalue weighted by molar-refractivity contribution is 0.284. The van der Waals surface area contributed by atoms with Crippen LogP contribution in [-0.2, 0) is 13.2 Å². The summed E-state index contributed by atoms with van der Waals surface area (Å²) in [5, 5.41) is 7.38. The maximum atomic E-state index is 5.90. The number of hydrogen-bond acceptors (Lipinski definition) is 4. The Labute approximate surface area is 126 Å². The second-order valence-electron chi connectivity index (χ2n) is 5.81. The molecule has 0 atom stereocenters. The minimum Gasteiger partial charge on any atom is -0.487 e. The van der Waals surface area contributed by atoms with Crippen molar-refractivity contribution in [1.82, 2.24) is 10.5 Å². The third-order valence-corrected chi connectivity index (χ3v) is 3.28. The summed E-state index contributed by atoms with van der Waals surface area (Å²) in [5.41, 5.74) is 4.40. The summed E-state index contributed by atoms with van der Waals surface area (Å²) in [6.45, 7) is 11.6. The quantitative estimate of drug-likeness (QED) is 0.881. The molecule has 114 valence electrons. The van der Waals surface area contributed by atoms with Crippen molar-refractivity contribution in [3.8, 4) is 5.75 Å². The van der Waals surface area contributed by atoms with Gasteiger partial charge in [-0.25, -0.2) is 0 Å². The van der Waals surface area contributed by atoms with E-state index >= 15 is 0 Å². The fourth-order valence-corrected chi connectivity index (χ4v) is 2.32. The molecule has 1 N–H and O–H groups in total. The molecule has 0 saturated heterocycles. The fourth-order valence-electron chi connectivity index (χ4n) is 2.32. The highest BCUT2D eigenvalue weighted by atomic mass is 16.5. The van der Waals surface area contributed by atoms with Gasteiger partial charge in [0.1, 0.15) is 23.8 Å². The zero-order valence-corrected chi connectivity index (χ0v) is 13.5. The largest absolute Gasteiger partial charge is 0.487 e. The summed E-state index contributed by atoms with van der Waals surface area (Å²) in [4.78, 5) is 0. The number of hydrogen-bond donors (Lipinski definition) is 1. The Kier molecular flexibility index (Phi) is 5.02. The SMILES string of the molecule is Cc1cc(COc2c(C)cc(CNC(C)C)cc2C)no1. The molecule has 1 heterocycles. The molecule has 1 aromatic carbocycles. The van der Waals surface area contributed by atoms with E-state index in [1.807, 2.05) is 13.0 Å². The van der Waals surface area contributed by atoms with Crippen LogP contribution in [0.15, 0.2) is 22.7 Å². The highest BCUT2D eigenvalue weighted by Crippen LogP contribution is 2.25. The molecular formula is C17H24N2O2. The van der Waals surface area contributed by atoms with Crippen molar-refractivity contribution in [3.63, 3.8) is 0 Å². The van der Waals surface area contributed by atoms with Gasteiger partial charge in [-0.1, -0.05) is 31.1 Å². The second-order valence-corrected chi connectivity index (χ2v) is 5.81. The predicted octanol–water partition coefficient (Wildman–Crippen LogP) is 3.68. The first-order chi connectivity index (χ1) is 9.95. The monoisotopic (exact) mass is 288 g/mol. The van der Waals surface area contributed by atoms with Crippen LogP contribution in [-0.4, -0.2) is 11.2 Å². The summed E-state index contributed by atoms with van der Waals surface area (Å²) >= 11 is 0. The van der Waals surface area contributed by atoms with Gasteiger partial charge in [0.2, 0.25) is 0 Å². The van der Waals surface area contributed by atoms with Gasteiger partial charge in [-0.05, 0) is 37.5 Å². The molecule has 2 aromatic rings. The van der Waals surface area contributed by atoms with Gasteiger partial charge in [0.05, 0.1) is 0 Å². The van der Waals surface area contributed by atoms with Gasteiger partial charge in [-0.2, -0.15) is 0 Å². The molecule has 1 aromatic heterocycles. The normalized spacial score (nSPS) is 11.1. The first-order valence-corrected chi connectivity index (χ1v) is 7.34. The Morgan fingerprint density at radius 3 is 2.33 bits per heavy atom. The van der Waals surface area contributed by atoms with Gasteiger partial charge in [-0.15, -0.1) is 0 Å². The Hall–Kier alpha value is -1.81. The fraction of sp³-hybridized carbons (Fsp3) is 0.471. The van der Waals surface area contributed by atoms with Crippen molar-refractivity contribution < 1.29 is 9.26 Å². The van der Waals surface area contributed by atoms with E-state index in [4.69, 9.17) is 9.26 Å². The van der Waals surface area contributed by atoms with Crippen molar-refractivity contribution in [2.45, 2.75) is 53.8 Å². The molecule has 0 aliphatic carbocycles. The van der Waals surface area contributed by atoms with Crippen molar-refractivity contribution >= 4 is 0 Å². The maximum Gasteiger partial charge on any atom is 0.134 e. The molecule has 0 bridgehead atoms. The summed E-state index contributed by atoms with van der Waals surface area (Å²) in [6, 6.07) is 6.72. The van der Waals surface area contributed by atoms with E-state index in [2.05, 4.69) is 50.3 Å². The smallest absolute Gasteiger partial charge is 0.134 e. The lowest BCUT2D eigenvalue weighted by Gasteiger charge is -2.14. The van der Waals surface area contributed by atoms with Crippen LogP contribution < -0.4 is 10.1 Å². The third kappa shape index (κ3) is 4.33. The molecule has 0 saturated carbocycles. The molecular weight excluding hydrogens is 264 g/mol. The molecule has 0 amide bonds. The van der Waals surface area contributed by atoms with Crippen LogP contribution in [0, 0.1) is 20.8 Å². The standard InChI is InChI=1S/C17H24N2O2/c1-11(2)18-9-15-6-12(3)17(13(4)7-15)20-10-16-8-14(5)21-19-16/h6-8,11,18H,9-10H2,1-5H3. The highest BCUT2D eigenvalue weighted by Gasteiger charge is 2.09. The number of rotatable bonds is 6. The van der Waals surface area contributed by atoms with E-state index in [0.717, 1.165) is 34.9 Å². The first-order valence-electron chi connectivity index (χ1n) is 7.34. The molecule has 21 heavy (non-hydrogen) atoms. The molecule has 4 heteroatoms. The maximum absolute atomic E-state index is 5.90. The number of benzene rings is 1. The minimum atomic E-state index is 0.433. The predicted molar refractivity (Wildman–Crippen MR) is 83.5 cm³/mol. The lowest BCUT2D eigenvalue weighted by Crippen LogP contribution is -2.21. The molecule has 0 aliphatic heterocycles. The van der Waals surface area contributed by atoms with Crippen LogP contribution in [0.4, 0.5) is 0 Å². The molecule has 0 aliphatic rings. The Balaban J connectivity index is 2.06. The number of aromatic nitrogens is 1. The van der Waals surface area contributed by atoms with Crippen LogP contribution in [0.2, 0.25) is 0 Å². The zero-order chi connectivity index (χ0) is 15.4. The Morgan fingerprint density at radius 2 is 1.81 bits per heavy atom. The number of ether oxygens (including phenoxy) is 1. The first kappa shape index (κ1) is 15.6.